The quantitative estimate of drug-likeness (QED) is 0.0853. The molecule has 0 radical (unpaired) electrons. The van der Waals surface area contributed by atoms with Crippen molar-refractivity contribution in [2.24, 2.45) is 35.5 Å². The molecule has 133 heavy (non-hydrogen) atoms. The Morgan fingerprint density at radius 1 is 0.173 bits per heavy atom. The summed E-state index contributed by atoms with van der Waals surface area (Å²) < 4.78 is 7.84. The molecule has 620 valence electrons. The number of Topliss-reactive ketones (excluding diaryl/α,β-unsaturated/α-hetero) is 6. The number of hydrogen-bond acceptors (Lipinski definition) is 9. The molecule has 0 saturated carbocycles. The molecule has 0 fully saturated rings. The predicted molar refractivity (Wildman–Crippen MR) is 556 cm³/mol. The average Bonchev–Trinajstić information content (AvgIpc) is 0.779. The second-order valence-corrected chi connectivity index (χ2v) is 39.7. The highest BCUT2D eigenvalue weighted by atomic mass is 32.1. The Hall–Kier alpha value is -15.9. The molecular formula is C124H70O6S3. The number of benzene rings is 21. The lowest BCUT2D eigenvalue weighted by Crippen LogP contribution is -2.36. The molecule has 6 unspecified atom stereocenters. The van der Waals surface area contributed by atoms with Crippen LogP contribution in [0.2, 0.25) is 0 Å². The maximum absolute atomic E-state index is 12.9. The molecule has 0 spiro atoms. The summed E-state index contributed by atoms with van der Waals surface area (Å²) in [5.74, 6) is -4.51. The van der Waals surface area contributed by atoms with E-state index in [2.05, 4.69) is 334 Å². The first kappa shape index (κ1) is 76.0. The number of carbonyl (C=O) groups is 6. The number of rotatable bonds is 8. The summed E-state index contributed by atoms with van der Waals surface area (Å²) in [6.45, 7) is 0. The third-order valence-corrected chi connectivity index (χ3v) is 32.9. The predicted octanol–water partition coefficient (Wildman–Crippen LogP) is 31.4. The van der Waals surface area contributed by atoms with E-state index in [0.29, 0.717) is 0 Å². The summed E-state index contributed by atoms with van der Waals surface area (Å²) >= 11 is 5.57. The fourth-order valence-electron chi connectivity index (χ4n) is 23.1. The number of fused-ring (bicyclic) bond motifs is 13. The Morgan fingerprint density at radius 2 is 0.496 bits per heavy atom. The number of hydrogen-bond donors (Lipinski definition) is 0. The van der Waals surface area contributed by atoms with Crippen LogP contribution in [0.3, 0.4) is 0 Å². The Labute approximate surface area is 772 Å². The van der Waals surface area contributed by atoms with Crippen LogP contribution in [0.4, 0.5) is 0 Å². The number of ketones is 6. The zero-order chi connectivity index (χ0) is 88.0. The zero-order valence-electron chi connectivity index (χ0n) is 71.1. The van der Waals surface area contributed by atoms with Crippen LogP contribution in [-0.4, -0.2) is 34.7 Å². The van der Waals surface area contributed by atoms with Crippen LogP contribution >= 0.6 is 34.0 Å². The van der Waals surface area contributed by atoms with Crippen LogP contribution < -0.4 is 0 Å². The Bertz CT molecular complexity index is 9580. The third kappa shape index (κ3) is 11.5. The summed E-state index contributed by atoms with van der Waals surface area (Å²) in [4.78, 5) is 75.4. The van der Waals surface area contributed by atoms with Gasteiger partial charge in [0.1, 0.15) is 0 Å². The van der Waals surface area contributed by atoms with Crippen molar-refractivity contribution in [3.63, 3.8) is 0 Å². The van der Waals surface area contributed by atoms with Crippen molar-refractivity contribution >= 4 is 254 Å². The topological polar surface area (TPSA) is 102 Å². The number of allylic oxidation sites excluding steroid dienone is 12. The van der Waals surface area contributed by atoms with E-state index in [-0.39, 0.29) is 34.7 Å². The molecule has 9 aliphatic carbocycles. The lowest BCUT2D eigenvalue weighted by molar-refractivity contribution is -0.139. The van der Waals surface area contributed by atoms with Gasteiger partial charge in [0.25, 0.3) is 0 Å². The molecule has 0 N–H and O–H groups in total. The number of carbonyl (C=O) groups excluding carboxylic acids is 6. The maximum atomic E-state index is 12.9. The van der Waals surface area contributed by atoms with Gasteiger partial charge in [-0.1, -0.05) is 334 Å². The highest BCUT2D eigenvalue weighted by Crippen LogP contribution is 2.52. The summed E-state index contributed by atoms with van der Waals surface area (Å²) in [7, 11) is 0. The van der Waals surface area contributed by atoms with Gasteiger partial charge in [-0.3, -0.25) is 28.8 Å². The summed E-state index contributed by atoms with van der Waals surface area (Å²) in [6, 6.07) is 122. The van der Waals surface area contributed by atoms with Crippen LogP contribution in [-0.2, 0) is 28.8 Å². The maximum Gasteiger partial charge on any atom is 0.210 e. The van der Waals surface area contributed by atoms with Gasteiger partial charge in [0.05, 0.1) is 35.5 Å². The summed E-state index contributed by atoms with van der Waals surface area (Å²) in [5.41, 5.74) is 18.2. The average molecular weight is 1750 g/mol. The van der Waals surface area contributed by atoms with Gasteiger partial charge in [0, 0.05) is 60.5 Å². The normalized spacial score (nSPS) is 18.1. The van der Waals surface area contributed by atoms with Crippen molar-refractivity contribution in [3.8, 4) is 55.6 Å². The van der Waals surface area contributed by atoms with Gasteiger partial charge in [-0.25, -0.2) is 0 Å². The van der Waals surface area contributed by atoms with E-state index >= 15 is 0 Å². The zero-order valence-corrected chi connectivity index (χ0v) is 73.5. The van der Waals surface area contributed by atoms with Gasteiger partial charge in [0.2, 0.25) is 34.7 Å². The molecule has 0 amide bonds. The first-order chi connectivity index (χ1) is 65.4. The molecule has 6 nitrogen and oxygen atoms in total. The molecule has 33 rings (SSSR count). The molecule has 24 aromatic rings. The minimum atomic E-state index is -0.498. The standard InChI is InChI=1S/C46H26O2S.C42H24O2S.C36H20O2S/c47-45-30-14-21-39(46(45)48)40(22-30)34-16-9-27-10-19-37-33(15-8-26-11-20-38(34)44(27)43(26)37)29-13-18-36-35-17-12-28(23-41(35)49-42(36)24-29)32-7-3-5-25-4-1-2-6-31(25)32;43-40-29-16-17-34(41(40)44)36(22-29)31-20-27-14-12-25-18-30(19-26-13-15-28(21-31)39(27)38(25)26)23-8-10-24(11-9-23)32-5-3-6-35-33-4-1-2-7-37(33)45-42(32)35;37-35-22-10-16-29(36(35)38)30(17-22)24-12-6-20-7-14-27-23(11-5-19-8-15-28(24)34(20)33(19)27)21-9-13-26-25-3-1-2-4-31(25)39-32(26)18-21/h1-24,30,39H;1-22,29,34H;1-18,22,29H. The lowest BCUT2D eigenvalue weighted by Gasteiger charge is -2.29. The molecule has 0 saturated heterocycles. The minimum Gasteiger partial charge on any atom is -0.290 e. The fourth-order valence-corrected chi connectivity index (χ4v) is 26.6. The van der Waals surface area contributed by atoms with Crippen molar-refractivity contribution in [2.45, 2.75) is 0 Å². The van der Waals surface area contributed by atoms with Gasteiger partial charge in [-0.2, -0.15) is 0 Å². The molecule has 3 heterocycles. The second-order valence-electron chi connectivity index (χ2n) is 36.5. The highest BCUT2D eigenvalue weighted by molar-refractivity contribution is 7.27. The first-order valence-electron chi connectivity index (χ1n) is 45.3. The van der Waals surface area contributed by atoms with E-state index in [4.69, 9.17) is 0 Å². The van der Waals surface area contributed by atoms with Crippen molar-refractivity contribution in [1.82, 2.24) is 0 Å². The Morgan fingerprint density at radius 3 is 0.977 bits per heavy atom. The monoisotopic (exact) mass is 1750 g/mol. The summed E-state index contributed by atoms with van der Waals surface area (Å²) in [6.07, 6.45) is 17.3. The van der Waals surface area contributed by atoms with Gasteiger partial charge in [0.15, 0.2) is 0 Å². The summed E-state index contributed by atoms with van der Waals surface area (Å²) in [5, 5.41) is 32.0. The molecular weight excluding hydrogens is 1680 g/mol. The SMILES string of the molecule is O=C1C(=O)C2C=CC1C=C2c1cc2ccc3cc(-c4ccc(-c5cccc6c5sc5ccccc56)cc4)cc4ccc(c1)c2c34.O=C1C(=O)C2C=CC1C=C2c1ccc2ccc3c(-c4ccc5c(c4)sc4cc(-c6cccc7ccccc67)ccc45)ccc4ccc1c2c43.O=C1C(=O)C2C=CC1C=C2c1ccc2ccc3c(-c4ccc5c(c4)sc4ccccc45)ccc4ccc1c2c43. The van der Waals surface area contributed by atoms with Crippen molar-refractivity contribution in [3.05, 3.63) is 405 Å². The molecule has 0 aliphatic heterocycles. The molecule has 6 bridgehead atoms. The Balaban J connectivity index is 0.000000100. The molecule has 9 heteroatoms. The molecule has 9 aliphatic rings. The van der Waals surface area contributed by atoms with Crippen LogP contribution in [0.5, 0.6) is 0 Å². The minimum absolute atomic E-state index is 0.287. The second kappa shape index (κ2) is 28.8. The smallest absolute Gasteiger partial charge is 0.210 e. The van der Waals surface area contributed by atoms with Crippen molar-refractivity contribution in [2.75, 3.05) is 0 Å². The van der Waals surface area contributed by atoms with E-state index < -0.39 is 35.5 Å². The first-order valence-corrected chi connectivity index (χ1v) is 47.8. The Kier molecular flexibility index (Phi) is 16.5. The van der Waals surface area contributed by atoms with E-state index in [0.717, 1.165) is 55.0 Å². The van der Waals surface area contributed by atoms with Gasteiger partial charge in [-0.05, 0) is 251 Å². The number of thiophene rings is 3. The highest BCUT2D eigenvalue weighted by Gasteiger charge is 2.43. The van der Waals surface area contributed by atoms with E-state index in [9.17, 15) is 28.8 Å². The molecule has 6 atom stereocenters. The van der Waals surface area contributed by atoms with Crippen molar-refractivity contribution in [1.29, 1.82) is 0 Å². The van der Waals surface area contributed by atoms with Gasteiger partial charge >= 0.3 is 0 Å². The van der Waals surface area contributed by atoms with Crippen LogP contribution in [0, 0.1) is 35.5 Å². The van der Waals surface area contributed by atoms with Crippen LogP contribution in [0.1, 0.15) is 16.7 Å². The van der Waals surface area contributed by atoms with Gasteiger partial charge < -0.3 is 0 Å². The van der Waals surface area contributed by atoms with Crippen LogP contribution in [0.25, 0.3) is 241 Å². The van der Waals surface area contributed by atoms with Crippen LogP contribution in [0.15, 0.2) is 388 Å². The molecule has 21 aromatic carbocycles. The molecule has 3 aromatic heterocycles. The van der Waals surface area contributed by atoms with Crippen molar-refractivity contribution < 1.29 is 28.8 Å². The van der Waals surface area contributed by atoms with E-state index in [1.54, 1.807) is 0 Å². The third-order valence-electron chi connectivity index (χ3n) is 29.4. The van der Waals surface area contributed by atoms with E-state index in [1.807, 2.05) is 88.7 Å². The fraction of sp³-hybridized carbons (Fsp3) is 0.0484. The lowest BCUT2D eigenvalue weighted by atomic mass is 9.72. The van der Waals surface area contributed by atoms with E-state index in [1.165, 1.54) is 202 Å². The largest absolute Gasteiger partial charge is 0.290 e. The van der Waals surface area contributed by atoms with Gasteiger partial charge in [-0.15, -0.1) is 34.0 Å².